The van der Waals surface area contributed by atoms with Gasteiger partial charge >= 0.3 is 5.97 Å². The van der Waals surface area contributed by atoms with E-state index in [9.17, 15) is 14.3 Å². The second-order valence-electron chi connectivity index (χ2n) is 5.07. The molecule has 0 spiro atoms. The first-order valence-corrected chi connectivity index (χ1v) is 6.58. The van der Waals surface area contributed by atoms with Crippen molar-refractivity contribution in [3.8, 4) is 11.1 Å². The average molecular weight is 283 g/mol. The first kappa shape index (κ1) is 13.4. The Kier molecular flexibility index (Phi) is 3.01. The summed E-state index contributed by atoms with van der Waals surface area (Å²) in [7, 11) is 1.68. The van der Waals surface area contributed by atoms with Crippen LogP contribution in [0.1, 0.15) is 16.1 Å². The Morgan fingerprint density at radius 1 is 1.14 bits per heavy atom. The van der Waals surface area contributed by atoms with Crippen LogP contribution in [0, 0.1) is 12.7 Å². The van der Waals surface area contributed by atoms with Crippen LogP contribution in [0.3, 0.4) is 0 Å². The number of carboxylic acids is 1. The van der Waals surface area contributed by atoms with Gasteiger partial charge in [0.15, 0.2) is 0 Å². The predicted molar refractivity (Wildman–Crippen MR) is 80.0 cm³/mol. The van der Waals surface area contributed by atoms with E-state index in [0.717, 1.165) is 10.9 Å². The van der Waals surface area contributed by atoms with Crippen LogP contribution in [-0.2, 0) is 7.05 Å². The van der Waals surface area contributed by atoms with Crippen molar-refractivity contribution in [2.24, 2.45) is 7.05 Å². The fourth-order valence-corrected chi connectivity index (χ4v) is 2.69. The summed E-state index contributed by atoms with van der Waals surface area (Å²) < 4.78 is 16.0. The number of para-hydroxylation sites is 1. The van der Waals surface area contributed by atoms with Gasteiger partial charge in [-0.25, -0.2) is 9.18 Å². The molecule has 106 valence electrons. The molecule has 3 rings (SSSR count). The molecular formula is C17H14FNO2. The number of carbonyl (C=O) groups is 1. The van der Waals surface area contributed by atoms with Crippen LogP contribution in [0.25, 0.3) is 22.0 Å². The summed E-state index contributed by atoms with van der Waals surface area (Å²) in [4.78, 5) is 11.3. The molecule has 0 bridgehead atoms. The second-order valence-corrected chi connectivity index (χ2v) is 5.07. The molecule has 0 aliphatic carbocycles. The summed E-state index contributed by atoms with van der Waals surface area (Å²) in [5.41, 5.74) is 2.66. The van der Waals surface area contributed by atoms with Crippen molar-refractivity contribution in [3.05, 3.63) is 59.5 Å². The Hall–Kier alpha value is -2.62. The van der Waals surface area contributed by atoms with Gasteiger partial charge in [0.05, 0.1) is 5.52 Å². The maximum absolute atomic E-state index is 14.4. The van der Waals surface area contributed by atoms with E-state index in [4.69, 9.17) is 0 Å². The lowest BCUT2D eigenvalue weighted by Crippen LogP contribution is -2.04. The summed E-state index contributed by atoms with van der Waals surface area (Å²) in [5, 5.41) is 10.0. The molecule has 0 saturated heterocycles. The highest BCUT2D eigenvalue weighted by Crippen LogP contribution is 2.32. The number of hydrogen-bond donors (Lipinski definition) is 1. The number of nitrogens with zero attached hydrogens (tertiary/aromatic N) is 1. The van der Waals surface area contributed by atoms with Crippen LogP contribution in [0.15, 0.2) is 42.5 Å². The van der Waals surface area contributed by atoms with Gasteiger partial charge in [0.25, 0.3) is 0 Å². The number of aromatic carboxylic acids is 1. The van der Waals surface area contributed by atoms with Gasteiger partial charge in [-0.05, 0) is 18.6 Å². The molecule has 0 atom stereocenters. The molecule has 0 fully saturated rings. The summed E-state index contributed by atoms with van der Waals surface area (Å²) in [6.45, 7) is 1.71. The number of fused-ring (bicyclic) bond motifs is 1. The number of carboxylic acid groups (broad SMARTS) is 1. The van der Waals surface area contributed by atoms with Crippen LogP contribution in [0.4, 0.5) is 4.39 Å². The first-order chi connectivity index (χ1) is 10.0. The summed E-state index contributed by atoms with van der Waals surface area (Å²) >= 11 is 0. The van der Waals surface area contributed by atoms with Gasteiger partial charge < -0.3 is 9.67 Å². The predicted octanol–water partition coefficient (Wildman–Crippen LogP) is 3.99. The molecule has 1 aromatic heterocycles. The molecule has 0 saturated carbocycles. The minimum Gasteiger partial charge on any atom is -0.477 e. The number of aryl methyl sites for hydroxylation is 2. The molecular weight excluding hydrogens is 269 g/mol. The van der Waals surface area contributed by atoms with E-state index in [0.29, 0.717) is 16.7 Å². The van der Waals surface area contributed by atoms with Crippen LogP contribution < -0.4 is 0 Å². The molecule has 3 aromatic rings. The van der Waals surface area contributed by atoms with Crippen LogP contribution in [0.5, 0.6) is 0 Å². The van der Waals surface area contributed by atoms with Crippen molar-refractivity contribution in [2.75, 3.05) is 0 Å². The number of benzene rings is 2. The Morgan fingerprint density at radius 3 is 2.52 bits per heavy atom. The van der Waals surface area contributed by atoms with Crippen molar-refractivity contribution >= 4 is 16.9 Å². The van der Waals surface area contributed by atoms with Crippen molar-refractivity contribution in [1.82, 2.24) is 4.57 Å². The van der Waals surface area contributed by atoms with Crippen molar-refractivity contribution < 1.29 is 14.3 Å². The van der Waals surface area contributed by atoms with E-state index in [1.54, 1.807) is 42.8 Å². The van der Waals surface area contributed by atoms with Crippen molar-refractivity contribution in [3.63, 3.8) is 0 Å². The fraction of sp³-hybridized carbons (Fsp3) is 0.118. The minimum absolute atomic E-state index is 0.186. The van der Waals surface area contributed by atoms with Gasteiger partial charge in [-0.15, -0.1) is 0 Å². The largest absolute Gasteiger partial charge is 0.477 e. The standard InChI is InChI=1S/C17H14FNO2/c1-10-5-3-7-12(15(10)18)13-8-4-6-11-9-14(17(20)21)19(2)16(11)13/h3-9H,1-2H3,(H,20,21). The van der Waals surface area contributed by atoms with Gasteiger partial charge in [0.2, 0.25) is 0 Å². The van der Waals surface area contributed by atoms with E-state index >= 15 is 0 Å². The van der Waals surface area contributed by atoms with E-state index in [-0.39, 0.29) is 11.5 Å². The Balaban J connectivity index is 2.38. The van der Waals surface area contributed by atoms with Crippen LogP contribution in [0.2, 0.25) is 0 Å². The lowest BCUT2D eigenvalue weighted by molar-refractivity contribution is 0.0687. The van der Waals surface area contributed by atoms with E-state index < -0.39 is 5.97 Å². The minimum atomic E-state index is -0.996. The smallest absolute Gasteiger partial charge is 0.352 e. The molecule has 0 radical (unpaired) electrons. The molecule has 1 heterocycles. The van der Waals surface area contributed by atoms with Gasteiger partial charge in [0, 0.05) is 23.6 Å². The highest BCUT2D eigenvalue weighted by Gasteiger charge is 2.17. The maximum Gasteiger partial charge on any atom is 0.352 e. The monoisotopic (exact) mass is 283 g/mol. The Labute approximate surface area is 121 Å². The zero-order chi connectivity index (χ0) is 15.1. The normalized spacial score (nSPS) is 11.0. The fourth-order valence-electron chi connectivity index (χ4n) is 2.69. The van der Waals surface area contributed by atoms with Crippen LogP contribution >= 0.6 is 0 Å². The van der Waals surface area contributed by atoms with Gasteiger partial charge in [-0.3, -0.25) is 0 Å². The molecule has 0 amide bonds. The van der Waals surface area contributed by atoms with E-state index in [1.165, 1.54) is 0 Å². The van der Waals surface area contributed by atoms with Crippen molar-refractivity contribution in [2.45, 2.75) is 6.92 Å². The SMILES string of the molecule is Cc1cccc(-c2cccc3cc(C(=O)O)n(C)c23)c1F. The van der Waals surface area contributed by atoms with Gasteiger partial charge in [-0.1, -0.05) is 36.4 Å². The average Bonchev–Trinajstić information content (AvgIpc) is 2.80. The second kappa shape index (κ2) is 4.74. The Bertz CT molecular complexity index is 865. The third kappa shape index (κ3) is 2.00. The first-order valence-electron chi connectivity index (χ1n) is 6.58. The van der Waals surface area contributed by atoms with Gasteiger partial charge in [0.1, 0.15) is 11.5 Å². The van der Waals surface area contributed by atoms with Gasteiger partial charge in [-0.2, -0.15) is 0 Å². The summed E-state index contributed by atoms with van der Waals surface area (Å²) in [5.74, 6) is -1.27. The Morgan fingerprint density at radius 2 is 1.81 bits per heavy atom. The molecule has 1 N–H and O–H groups in total. The number of halogens is 1. The summed E-state index contributed by atoms with van der Waals surface area (Å²) in [6.07, 6.45) is 0. The topological polar surface area (TPSA) is 42.2 Å². The molecule has 4 heteroatoms. The molecule has 21 heavy (non-hydrogen) atoms. The zero-order valence-corrected chi connectivity index (χ0v) is 11.7. The quantitative estimate of drug-likeness (QED) is 0.772. The number of rotatable bonds is 2. The highest BCUT2D eigenvalue weighted by atomic mass is 19.1. The molecule has 0 unspecified atom stereocenters. The van der Waals surface area contributed by atoms with Crippen molar-refractivity contribution in [1.29, 1.82) is 0 Å². The lowest BCUT2D eigenvalue weighted by atomic mass is 10.0. The number of hydrogen-bond acceptors (Lipinski definition) is 1. The third-order valence-corrected chi connectivity index (χ3v) is 3.76. The third-order valence-electron chi connectivity index (χ3n) is 3.76. The maximum atomic E-state index is 14.4. The highest BCUT2D eigenvalue weighted by molar-refractivity contribution is 6.00. The molecule has 2 aromatic carbocycles. The lowest BCUT2D eigenvalue weighted by Gasteiger charge is -2.09. The van der Waals surface area contributed by atoms with E-state index in [2.05, 4.69) is 0 Å². The number of aromatic nitrogens is 1. The molecule has 3 nitrogen and oxygen atoms in total. The molecule has 0 aliphatic heterocycles. The molecule has 0 aliphatic rings. The van der Waals surface area contributed by atoms with E-state index in [1.807, 2.05) is 18.2 Å². The zero-order valence-electron chi connectivity index (χ0n) is 11.7. The van der Waals surface area contributed by atoms with Crippen LogP contribution in [-0.4, -0.2) is 15.6 Å². The summed E-state index contributed by atoms with van der Waals surface area (Å²) in [6, 6.07) is 12.3.